The van der Waals surface area contributed by atoms with E-state index in [9.17, 15) is 4.79 Å². The molecule has 0 radical (unpaired) electrons. The van der Waals surface area contributed by atoms with Crippen LogP contribution >= 0.6 is 27.5 Å². The Hall–Kier alpha value is -1.66. The number of amides is 1. The van der Waals surface area contributed by atoms with E-state index in [1.165, 1.54) is 0 Å². The van der Waals surface area contributed by atoms with Gasteiger partial charge in [0.25, 0.3) is 5.91 Å². The quantitative estimate of drug-likeness (QED) is 0.858. The van der Waals surface area contributed by atoms with Crippen LogP contribution in [0.25, 0.3) is 0 Å². The molecule has 0 aliphatic rings. The smallest absolute Gasteiger partial charge is 0.277 e. The van der Waals surface area contributed by atoms with E-state index in [4.69, 9.17) is 11.6 Å². The summed E-state index contributed by atoms with van der Waals surface area (Å²) in [7, 11) is 0. The molecule has 21 heavy (non-hydrogen) atoms. The van der Waals surface area contributed by atoms with Gasteiger partial charge in [0, 0.05) is 11.0 Å². The number of halogens is 2. The van der Waals surface area contributed by atoms with Crippen molar-refractivity contribution in [2.75, 3.05) is 17.2 Å². The van der Waals surface area contributed by atoms with Crippen LogP contribution in [0, 0.1) is 6.92 Å². The van der Waals surface area contributed by atoms with Crippen LogP contribution in [0.15, 0.2) is 28.7 Å². The highest BCUT2D eigenvalue weighted by atomic mass is 79.9. The van der Waals surface area contributed by atoms with Crippen molar-refractivity contribution < 1.29 is 4.79 Å². The predicted octanol–water partition coefficient (Wildman–Crippen LogP) is 3.89. The molecule has 7 heteroatoms. The summed E-state index contributed by atoms with van der Waals surface area (Å²) in [6.45, 7) is 4.50. The number of hydrogen-bond donors (Lipinski definition) is 2. The minimum absolute atomic E-state index is 0.164. The fourth-order valence-electron chi connectivity index (χ4n) is 1.67. The average molecular weight is 370 g/mol. The van der Waals surface area contributed by atoms with Gasteiger partial charge in [0.05, 0.1) is 10.7 Å². The first-order valence-corrected chi connectivity index (χ1v) is 7.53. The summed E-state index contributed by atoms with van der Waals surface area (Å²) in [5.74, 6) is 0.661. The number of nitrogens with one attached hydrogen (secondary N) is 2. The second-order valence-corrected chi connectivity index (χ2v) is 5.54. The Labute approximate surface area is 136 Å². The molecule has 2 N–H and O–H groups in total. The Kier molecular flexibility index (Phi) is 5.14. The molecular weight excluding hydrogens is 356 g/mol. The topological polar surface area (TPSA) is 66.9 Å². The zero-order chi connectivity index (χ0) is 15.4. The van der Waals surface area contributed by atoms with Gasteiger partial charge in [-0.2, -0.15) is 0 Å². The van der Waals surface area contributed by atoms with Gasteiger partial charge in [-0.1, -0.05) is 11.6 Å². The lowest BCUT2D eigenvalue weighted by Gasteiger charge is -2.09. The first-order valence-electron chi connectivity index (χ1n) is 6.36. The molecule has 2 aromatic heterocycles. The van der Waals surface area contributed by atoms with Crippen LogP contribution in [-0.4, -0.2) is 22.4 Å². The third-order valence-electron chi connectivity index (χ3n) is 2.68. The predicted molar refractivity (Wildman–Crippen MR) is 88.0 cm³/mol. The van der Waals surface area contributed by atoms with Crippen LogP contribution in [0.5, 0.6) is 0 Å². The highest BCUT2D eigenvalue weighted by Crippen LogP contribution is 2.20. The van der Waals surface area contributed by atoms with E-state index in [-0.39, 0.29) is 5.69 Å². The minimum atomic E-state index is -0.394. The van der Waals surface area contributed by atoms with E-state index in [1.807, 2.05) is 19.9 Å². The highest BCUT2D eigenvalue weighted by Gasteiger charge is 2.14. The molecule has 1 amide bonds. The molecule has 2 heterocycles. The lowest BCUT2D eigenvalue weighted by Crippen LogP contribution is -2.16. The van der Waals surface area contributed by atoms with Crippen LogP contribution in [-0.2, 0) is 0 Å². The van der Waals surface area contributed by atoms with Gasteiger partial charge in [-0.25, -0.2) is 9.97 Å². The molecular formula is C14H14BrClN4O. The number of pyridine rings is 2. The number of aromatic nitrogens is 2. The Balaban J connectivity index is 2.23. The largest absolute Gasteiger partial charge is 0.370 e. The summed E-state index contributed by atoms with van der Waals surface area (Å²) < 4.78 is 0.880. The molecule has 0 bridgehead atoms. The molecule has 0 spiro atoms. The molecule has 0 fully saturated rings. The summed E-state index contributed by atoms with van der Waals surface area (Å²) >= 11 is 9.40. The van der Waals surface area contributed by atoms with Gasteiger partial charge in [0.1, 0.15) is 17.3 Å². The van der Waals surface area contributed by atoms with E-state index in [1.54, 1.807) is 18.2 Å². The standard InChI is InChI=1S/C14H14BrClN4O/c1-3-17-11-7-5-10(16)13(19-11)14(21)20-12-6-4-9(15)8(2)18-12/h4-7H,3H2,1-2H3,(H,17,19)(H,18,20,21). The number of anilines is 2. The van der Waals surface area contributed by atoms with Crippen LogP contribution < -0.4 is 10.6 Å². The lowest BCUT2D eigenvalue weighted by atomic mass is 10.3. The normalized spacial score (nSPS) is 10.3. The van der Waals surface area contributed by atoms with Crippen molar-refractivity contribution in [3.05, 3.63) is 45.1 Å². The van der Waals surface area contributed by atoms with Gasteiger partial charge >= 0.3 is 0 Å². The zero-order valence-corrected chi connectivity index (χ0v) is 13.9. The van der Waals surface area contributed by atoms with Gasteiger partial charge in [0.2, 0.25) is 0 Å². The van der Waals surface area contributed by atoms with Gasteiger partial charge in [-0.15, -0.1) is 0 Å². The third-order valence-corrected chi connectivity index (χ3v) is 3.83. The molecule has 0 aromatic carbocycles. The molecule has 0 unspecified atom stereocenters. The molecule has 0 saturated carbocycles. The minimum Gasteiger partial charge on any atom is -0.370 e. The summed E-state index contributed by atoms with van der Waals surface area (Å²) in [5, 5.41) is 6.02. The van der Waals surface area contributed by atoms with E-state index in [0.717, 1.165) is 10.2 Å². The summed E-state index contributed by atoms with van der Waals surface area (Å²) in [6.07, 6.45) is 0. The molecule has 0 atom stereocenters. The van der Waals surface area contributed by atoms with E-state index in [0.29, 0.717) is 23.2 Å². The molecule has 2 aromatic rings. The van der Waals surface area contributed by atoms with Gasteiger partial charge < -0.3 is 10.6 Å². The van der Waals surface area contributed by atoms with Crippen molar-refractivity contribution in [3.63, 3.8) is 0 Å². The second-order valence-electron chi connectivity index (χ2n) is 4.28. The van der Waals surface area contributed by atoms with E-state index in [2.05, 4.69) is 36.5 Å². The Morgan fingerprint density at radius 3 is 2.62 bits per heavy atom. The monoisotopic (exact) mass is 368 g/mol. The number of carbonyl (C=O) groups excluding carboxylic acids is 1. The van der Waals surface area contributed by atoms with Crippen molar-refractivity contribution in [3.8, 4) is 0 Å². The fourth-order valence-corrected chi connectivity index (χ4v) is 2.08. The lowest BCUT2D eigenvalue weighted by molar-refractivity contribution is 0.102. The van der Waals surface area contributed by atoms with Gasteiger partial charge in [-0.3, -0.25) is 4.79 Å². The maximum absolute atomic E-state index is 12.3. The van der Waals surface area contributed by atoms with Crippen molar-refractivity contribution >= 4 is 45.1 Å². The molecule has 2 rings (SSSR count). The maximum Gasteiger partial charge on any atom is 0.277 e. The number of rotatable bonds is 4. The maximum atomic E-state index is 12.3. The second kappa shape index (κ2) is 6.87. The SMILES string of the molecule is CCNc1ccc(Cl)c(C(=O)Nc2ccc(Br)c(C)n2)n1. The number of nitrogens with zero attached hydrogens (tertiary/aromatic N) is 2. The van der Waals surface area contributed by atoms with Gasteiger partial charge in [-0.05, 0) is 54.0 Å². The molecule has 0 aliphatic heterocycles. The van der Waals surface area contributed by atoms with Crippen molar-refractivity contribution in [2.45, 2.75) is 13.8 Å². The Morgan fingerprint density at radius 1 is 1.24 bits per heavy atom. The van der Waals surface area contributed by atoms with Crippen molar-refractivity contribution in [1.29, 1.82) is 0 Å². The van der Waals surface area contributed by atoms with Gasteiger partial charge in [0.15, 0.2) is 0 Å². The summed E-state index contributed by atoms with van der Waals surface area (Å²) in [4.78, 5) is 20.7. The third kappa shape index (κ3) is 3.92. The van der Waals surface area contributed by atoms with E-state index >= 15 is 0 Å². The number of carbonyl (C=O) groups is 1. The average Bonchev–Trinajstić information content (AvgIpc) is 2.45. The summed E-state index contributed by atoms with van der Waals surface area (Å²) in [5.41, 5.74) is 0.950. The summed E-state index contributed by atoms with van der Waals surface area (Å²) in [6, 6.07) is 6.89. The number of hydrogen-bond acceptors (Lipinski definition) is 4. The Morgan fingerprint density at radius 2 is 1.95 bits per heavy atom. The van der Waals surface area contributed by atoms with Crippen LogP contribution in [0.1, 0.15) is 23.1 Å². The van der Waals surface area contributed by atoms with Crippen LogP contribution in [0.2, 0.25) is 5.02 Å². The van der Waals surface area contributed by atoms with Crippen molar-refractivity contribution in [2.24, 2.45) is 0 Å². The fraction of sp³-hybridized carbons (Fsp3) is 0.214. The molecule has 5 nitrogen and oxygen atoms in total. The zero-order valence-electron chi connectivity index (χ0n) is 11.6. The van der Waals surface area contributed by atoms with Crippen LogP contribution in [0.3, 0.4) is 0 Å². The van der Waals surface area contributed by atoms with Crippen LogP contribution in [0.4, 0.5) is 11.6 Å². The van der Waals surface area contributed by atoms with Crippen molar-refractivity contribution in [1.82, 2.24) is 9.97 Å². The van der Waals surface area contributed by atoms with E-state index < -0.39 is 5.91 Å². The molecule has 110 valence electrons. The first kappa shape index (κ1) is 15.7. The highest BCUT2D eigenvalue weighted by molar-refractivity contribution is 9.10. The number of aryl methyl sites for hydroxylation is 1. The first-order chi connectivity index (χ1) is 10.0. The Bertz CT molecular complexity index is 678. The molecule has 0 saturated heterocycles. The molecule has 0 aliphatic carbocycles.